The molecule has 1 aliphatic rings. The second kappa shape index (κ2) is 11.7. The molecule has 0 spiro atoms. The van der Waals surface area contributed by atoms with Gasteiger partial charge in [-0.15, -0.1) is 0 Å². The van der Waals surface area contributed by atoms with Gasteiger partial charge in [0, 0.05) is 52.2 Å². The van der Waals surface area contributed by atoms with E-state index < -0.39 is 0 Å². The van der Waals surface area contributed by atoms with Crippen LogP contribution >= 0.6 is 0 Å². The van der Waals surface area contributed by atoms with Crippen molar-refractivity contribution in [1.29, 1.82) is 0 Å². The number of hydrogen-bond donors (Lipinski definition) is 1. The van der Waals surface area contributed by atoms with Crippen LogP contribution < -0.4 is 19.5 Å². The second-order valence-corrected chi connectivity index (χ2v) is 8.06. The number of methoxy groups -OCH3 is 2. The van der Waals surface area contributed by atoms with Crippen molar-refractivity contribution in [3.63, 3.8) is 0 Å². The molecular formula is C25H35N3O4. The molecule has 1 saturated heterocycles. The molecule has 1 aliphatic heterocycles. The SMILES string of the molecule is COc1cccc([C@@H](C)NCc2ccc(OC)c(OCCN3CCN(C(C)=O)CC3)c2)c1. The highest BCUT2D eigenvalue weighted by Gasteiger charge is 2.18. The van der Waals surface area contributed by atoms with Gasteiger partial charge in [-0.1, -0.05) is 18.2 Å². The Bertz CT molecular complexity index is 881. The van der Waals surface area contributed by atoms with Gasteiger partial charge in [-0.25, -0.2) is 0 Å². The van der Waals surface area contributed by atoms with Crippen LogP contribution in [0.4, 0.5) is 0 Å². The Balaban J connectivity index is 1.51. The first-order valence-electron chi connectivity index (χ1n) is 11.1. The van der Waals surface area contributed by atoms with Crippen LogP contribution in [0, 0.1) is 0 Å². The van der Waals surface area contributed by atoms with Crippen molar-refractivity contribution < 1.29 is 19.0 Å². The second-order valence-electron chi connectivity index (χ2n) is 8.06. The van der Waals surface area contributed by atoms with Gasteiger partial charge in [0.15, 0.2) is 11.5 Å². The van der Waals surface area contributed by atoms with Crippen LogP contribution in [0.2, 0.25) is 0 Å². The van der Waals surface area contributed by atoms with Crippen molar-refractivity contribution in [3.05, 3.63) is 53.6 Å². The summed E-state index contributed by atoms with van der Waals surface area (Å²) in [6.07, 6.45) is 0. The molecule has 2 aromatic carbocycles. The first-order chi connectivity index (χ1) is 15.5. The van der Waals surface area contributed by atoms with Crippen LogP contribution in [-0.4, -0.2) is 69.3 Å². The summed E-state index contributed by atoms with van der Waals surface area (Å²) < 4.78 is 16.9. The summed E-state index contributed by atoms with van der Waals surface area (Å²) in [6, 6.07) is 14.3. The minimum atomic E-state index is 0.150. The van der Waals surface area contributed by atoms with E-state index in [1.807, 2.05) is 29.2 Å². The monoisotopic (exact) mass is 441 g/mol. The summed E-state index contributed by atoms with van der Waals surface area (Å²) in [7, 11) is 3.34. The molecule has 2 aromatic rings. The fourth-order valence-electron chi connectivity index (χ4n) is 3.81. The number of rotatable bonds is 10. The molecule has 0 unspecified atom stereocenters. The van der Waals surface area contributed by atoms with E-state index in [0.717, 1.165) is 55.5 Å². The quantitative estimate of drug-likeness (QED) is 0.611. The van der Waals surface area contributed by atoms with Crippen molar-refractivity contribution >= 4 is 5.91 Å². The summed E-state index contributed by atoms with van der Waals surface area (Å²) in [6.45, 7) is 9.21. The van der Waals surface area contributed by atoms with E-state index in [0.29, 0.717) is 13.2 Å². The maximum Gasteiger partial charge on any atom is 0.219 e. The third-order valence-electron chi connectivity index (χ3n) is 5.92. The molecule has 1 amide bonds. The maximum atomic E-state index is 11.5. The highest BCUT2D eigenvalue weighted by atomic mass is 16.5. The topological polar surface area (TPSA) is 63.3 Å². The molecule has 3 rings (SSSR count). The van der Waals surface area contributed by atoms with Gasteiger partial charge in [-0.2, -0.15) is 0 Å². The molecule has 7 nitrogen and oxygen atoms in total. The van der Waals surface area contributed by atoms with E-state index in [1.54, 1.807) is 21.1 Å². The van der Waals surface area contributed by atoms with E-state index in [9.17, 15) is 4.79 Å². The number of carbonyl (C=O) groups excluding carboxylic acids is 1. The predicted molar refractivity (Wildman–Crippen MR) is 125 cm³/mol. The van der Waals surface area contributed by atoms with Gasteiger partial charge in [0.1, 0.15) is 12.4 Å². The van der Waals surface area contributed by atoms with Crippen LogP contribution in [0.15, 0.2) is 42.5 Å². The van der Waals surface area contributed by atoms with Crippen molar-refractivity contribution in [1.82, 2.24) is 15.1 Å². The fourth-order valence-corrected chi connectivity index (χ4v) is 3.81. The molecule has 0 radical (unpaired) electrons. The van der Waals surface area contributed by atoms with E-state index >= 15 is 0 Å². The Morgan fingerprint density at radius 2 is 1.81 bits per heavy atom. The number of amides is 1. The molecule has 0 bridgehead atoms. The standard InChI is InChI=1S/C25H35N3O4/c1-19(22-6-5-7-23(17-22)30-3)26-18-21-8-9-24(31-4)25(16-21)32-15-14-27-10-12-28(13-11-27)20(2)29/h5-9,16-17,19,26H,10-15,18H2,1-4H3/t19-/m1/s1. The molecule has 1 fully saturated rings. The third-order valence-corrected chi connectivity index (χ3v) is 5.92. The van der Waals surface area contributed by atoms with Crippen molar-refractivity contribution in [3.8, 4) is 17.2 Å². The Hall–Kier alpha value is -2.77. The summed E-state index contributed by atoms with van der Waals surface area (Å²) in [5, 5.41) is 3.56. The summed E-state index contributed by atoms with van der Waals surface area (Å²) in [5.41, 5.74) is 2.31. The van der Waals surface area contributed by atoms with Gasteiger partial charge < -0.3 is 24.4 Å². The average Bonchev–Trinajstić information content (AvgIpc) is 2.83. The van der Waals surface area contributed by atoms with Crippen LogP contribution in [0.1, 0.15) is 31.0 Å². The van der Waals surface area contributed by atoms with Gasteiger partial charge in [0.2, 0.25) is 5.91 Å². The molecular weight excluding hydrogens is 406 g/mol. The molecule has 0 aromatic heterocycles. The van der Waals surface area contributed by atoms with Gasteiger partial charge >= 0.3 is 0 Å². The number of hydrogen-bond acceptors (Lipinski definition) is 6. The molecule has 174 valence electrons. The molecule has 0 saturated carbocycles. The predicted octanol–water partition coefficient (Wildman–Crippen LogP) is 3.10. The number of piperazine rings is 1. The first kappa shape index (κ1) is 23.9. The van der Waals surface area contributed by atoms with E-state index in [-0.39, 0.29) is 11.9 Å². The van der Waals surface area contributed by atoms with Crippen LogP contribution in [0.5, 0.6) is 17.2 Å². The number of nitrogens with zero attached hydrogens (tertiary/aromatic N) is 2. The van der Waals surface area contributed by atoms with E-state index in [1.165, 1.54) is 5.56 Å². The lowest BCUT2D eigenvalue weighted by Gasteiger charge is -2.34. The maximum absolute atomic E-state index is 11.5. The zero-order valence-corrected chi connectivity index (χ0v) is 19.6. The molecule has 32 heavy (non-hydrogen) atoms. The zero-order chi connectivity index (χ0) is 22.9. The van der Waals surface area contributed by atoms with Gasteiger partial charge in [-0.3, -0.25) is 9.69 Å². The lowest BCUT2D eigenvalue weighted by atomic mass is 10.1. The van der Waals surface area contributed by atoms with Gasteiger partial charge in [0.05, 0.1) is 14.2 Å². The molecule has 7 heteroatoms. The minimum Gasteiger partial charge on any atom is -0.497 e. The number of carbonyl (C=O) groups is 1. The van der Waals surface area contributed by atoms with Crippen molar-refractivity contribution in [2.75, 3.05) is 53.6 Å². The van der Waals surface area contributed by atoms with Crippen LogP contribution in [0.3, 0.4) is 0 Å². The Kier molecular flexibility index (Phi) is 8.76. The van der Waals surface area contributed by atoms with Crippen LogP contribution in [0.25, 0.3) is 0 Å². The highest BCUT2D eigenvalue weighted by Crippen LogP contribution is 2.28. The van der Waals surface area contributed by atoms with Gasteiger partial charge in [-0.05, 0) is 42.3 Å². The lowest BCUT2D eigenvalue weighted by molar-refractivity contribution is -0.130. The molecule has 1 heterocycles. The molecule has 0 aliphatic carbocycles. The Labute approximate surface area is 191 Å². The number of ether oxygens (including phenoxy) is 3. The summed E-state index contributed by atoms with van der Waals surface area (Å²) in [5.74, 6) is 2.50. The molecule has 1 atom stereocenters. The third kappa shape index (κ3) is 6.61. The van der Waals surface area contributed by atoms with Crippen molar-refractivity contribution in [2.24, 2.45) is 0 Å². The van der Waals surface area contributed by atoms with Crippen LogP contribution in [-0.2, 0) is 11.3 Å². The number of benzene rings is 2. The minimum absolute atomic E-state index is 0.150. The fraction of sp³-hybridized carbons (Fsp3) is 0.480. The highest BCUT2D eigenvalue weighted by molar-refractivity contribution is 5.73. The smallest absolute Gasteiger partial charge is 0.219 e. The van der Waals surface area contributed by atoms with Crippen molar-refractivity contribution in [2.45, 2.75) is 26.4 Å². The Morgan fingerprint density at radius 3 is 2.50 bits per heavy atom. The average molecular weight is 442 g/mol. The van der Waals surface area contributed by atoms with Gasteiger partial charge in [0.25, 0.3) is 0 Å². The van der Waals surface area contributed by atoms with E-state index in [2.05, 4.69) is 35.3 Å². The van der Waals surface area contributed by atoms with E-state index in [4.69, 9.17) is 14.2 Å². The number of nitrogens with one attached hydrogen (secondary N) is 1. The summed E-state index contributed by atoms with van der Waals surface area (Å²) >= 11 is 0. The Morgan fingerprint density at radius 1 is 1.03 bits per heavy atom. The summed E-state index contributed by atoms with van der Waals surface area (Å²) in [4.78, 5) is 15.7. The largest absolute Gasteiger partial charge is 0.497 e. The first-order valence-corrected chi connectivity index (χ1v) is 11.1. The molecule has 1 N–H and O–H groups in total. The lowest BCUT2D eigenvalue weighted by Crippen LogP contribution is -2.48. The normalized spacial score (nSPS) is 15.3. The zero-order valence-electron chi connectivity index (χ0n) is 19.6.